The fraction of sp³-hybridized carbons (Fsp3) is 0.500. The first-order chi connectivity index (χ1) is 16.5. The Morgan fingerprint density at radius 1 is 1.00 bits per heavy atom. The van der Waals surface area contributed by atoms with E-state index in [1.165, 1.54) is 12.3 Å². The van der Waals surface area contributed by atoms with Crippen molar-refractivity contribution >= 4 is 17.4 Å². The summed E-state index contributed by atoms with van der Waals surface area (Å²) in [6.07, 6.45) is -6.54. The lowest BCUT2D eigenvalue weighted by atomic mass is 10.00. The van der Waals surface area contributed by atoms with Crippen molar-refractivity contribution in [2.45, 2.75) is 52.4 Å². The molecule has 35 heavy (non-hydrogen) atoms. The third-order valence-electron chi connectivity index (χ3n) is 5.37. The van der Waals surface area contributed by atoms with Gasteiger partial charge in [0.1, 0.15) is 5.82 Å². The molecule has 0 radical (unpaired) electrons. The van der Waals surface area contributed by atoms with Crippen LogP contribution in [0.25, 0.3) is 0 Å². The topological polar surface area (TPSA) is 63.2 Å². The molecule has 0 atom stereocenters. The van der Waals surface area contributed by atoms with Gasteiger partial charge < -0.3 is 15.4 Å². The summed E-state index contributed by atoms with van der Waals surface area (Å²) in [5, 5.41) is 5.35. The standard InChI is InChI=1S/C22H23F6N3O2.C2H6/c1-2-14-7-19(29-12-18(14)20(32)30-11-13-3-5-33-6-4-13)31-17-9-15(21(23,24)25)8-16(10-17)22(26,27)28;1-2/h7-10,12-13H,2-6,11H2,1H3,(H,29,31)(H,30,32);1-2H3. The molecule has 1 aliphatic rings. The monoisotopic (exact) mass is 505 g/mol. The van der Waals surface area contributed by atoms with Crippen molar-refractivity contribution in [2.75, 3.05) is 25.1 Å². The van der Waals surface area contributed by atoms with Crippen LogP contribution in [-0.2, 0) is 23.5 Å². The van der Waals surface area contributed by atoms with Gasteiger partial charge in [-0.2, -0.15) is 26.3 Å². The third-order valence-corrected chi connectivity index (χ3v) is 5.37. The molecule has 2 heterocycles. The van der Waals surface area contributed by atoms with E-state index in [4.69, 9.17) is 4.74 Å². The number of rotatable bonds is 6. The van der Waals surface area contributed by atoms with E-state index in [2.05, 4.69) is 15.6 Å². The molecule has 194 valence electrons. The minimum absolute atomic E-state index is 0.0280. The summed E-state index contributed by atoms with van der Waals surface area (Å²) in [5.74, 6) is 0.00140. The Bertz CT molecular complexity index is 954. The van der Waals surface area contributed by atoms with Crippen molar-refractivity contribution < 1.29 is 35.9 Å². The van der Waals surface area contributed by atoms with Crippen molar-refractivity contribution in [3.05, 3.63) is 52.7 Å². The summed E-state index contributed by atoms with van der Waals surface area (Å²) in [5.41, 5.74) is -2.42. The van der Waals surface area contributed by atoms with Crippen molar-refractivity contribution in [3.63, 3.8) is 0 Å². The Hall–Kier alpha value is -2.82. The van der Waals surface area contributed by atoms with E-state index in [1.54, 1.807) is 6.92 Å². The summed E-state index contributed by atoms with van der Waals surface area (Å²) < 4.78 is 83.8. The molecular formula is C24H29F6N3O2. The van der Waals surface area contributed by atoms with Crippen LogP contribution >= 0.6 is 0 Å². The van der Waals surface area contributed by atoms with Crippen LogP contribution in [0.4, 0.5) is 37.8 Å². The number of pyridine rings is 1. The first-order valence-corrected chi connectivity index (χ1v) is 11.4. The Morgan fingerprint density at radius 3 is 2.09 bits per heavy atom. The second-order valence-corrected chi connectivity index (χ2v) is 7.77. The summed E-state index contributed by atoms with van der Waals surface area (Å²) >= 11 is 0. The highest BCUT2D eigenvalue weighted by molar-refractivity contribution is 5.95. The molecule has 2 aromatic rings. The van der Waals surface area contributed by atoms with Crippen LogP contribution in [-0.4, -0.2) is 30.6 Å². The Labute approximate surface area is 200 Å². The van der Waals surface area contributed by atoms with Crippen LogP contribution in [0.1, 0.15) is 60.7 Å². The van der Waals surface area contributed by atoms with Gasteiger partial charge in [0.15, 0.2) is 0 Å². The van der Waals surface area contributed by atoms with Crippen LogP contribution in [0, 0.1) is 5.92 Å². The highest BCUT2D eigenvalue weighted by atomic mass is 19.4. The number of carbonyl (C=O) groups excluding carboxylic acids is 1. The van der Waals surface area contributed by atoms with Gasteiger partial charge in [-0.1, -0.05) is 20.8 Å². The van der Waals surface area contributed by atoms with Crippen molar-refractivity contribution in [1.29, 1.82) is 0 Å². The summed E-state index contributed by atoms with van der Waals surface area (Å²) in [4.78, 5) is 16.6. The molecule has 1 aromatic heterocycles. The molecule has 2 N–H and O–H groups in total. The van der Waals surface area contributed by atoms with E-state index in [0.29, 0.717) is 55.4 Å². The van der Waals surface area contributed by atoms with Gasteiger partial charge in [-0.05, 0) is 55.0 Å². The maximum atomic E-state index is 13.1. The molecule has 1 fully saturated rings. The number of aromatic nitrogens is 1. The molecule has 1 saturated heterocycles. The van der Waals surface area contributed by atoms with Crippen LogP contribution in [0.3, 0.4) is 0 Å². The number of amides is 1. The molecule has 0 aliphatic carbocycles. The largest absolute Gasteiger partial charge is 0.416 e. The smallest absolute Gasteiger partial charge is 0.381 e. The number of aryl methyl sites for hydroxylation is 1. The first kappa shape index (κ1) is 28.4. The SMILES string of the molecule is CC.CCc1cc(Nc2cc(C(F)(F)F)cc(C(F)(F)F)c2)ncc1C(=O)NCC1CCOCC1. The van der Waals surface area contributed by atoms with Gasteiger partial charge in [0.05, 0.1) is 16.7 Å². The van der Waals surface area contributed by atoms with Gasteiger partial charge in [-0.15, -0.1) is 0 Å². The molecular weight excluding hydrogens is 476 g/mol. The predicted molar refractivity (Wildman–Crippen MR) is 121 cm³/mol. The quantitative estimate of drug-likeness (QED) is 0.434. The second-order valence-electron chi connectivity index (χ2n) is 7.77. The van der Waals surface area contributed by atoms with Crippen molar-refractivity contribution in [3.8, 4) is 0 Å². The highest BCUT2D eigenvalue weighted by Crippen LogP contribution is 2.38. The van der Waals surface area contributed by atoms with Crippen LogP contribution in [0.5, 0.6) is 0 Å². The zero-order chi connectivity index (χ0) is 26.2. The number of alkyl halides is 6. The van der Waals surface area contributed by atoms with Gasteiger partial charge >= 0.3 is 12.4 Å². The number of hydrogen-bond acceptors (Lipinski definition) is 4. The molecule has 11 heteroatoms. The normalized spacial score (nSPS) is 14.7. The van der Waals surface area contributed by atoms with E-state index >= 15 is 0 Å². The van der Waals surface area contributed by atoms with Gasteiger partial charge in [0.2, 0.25) is 0 Å². The average molecular weight is 506 g/mol. The zero-order valence-electron chi connectivity index (χ0n) is 19.7. The van der Waals surface area contributed by atoms with Crippen molar-refractivity contribution in [1.82, 2.24) is 10.3 Å². The molecule has 3 rings (SSSR count). The number of nitrogens with zero attached hydrogens (tertiary/aromatic N) is 1. The maximum Gasteiger partial charge on any atom is 0.416 e. The van der Waals surface area contributed by atoms with Gasteiger partial charge in [0, 0.05) is 31.6 Å². The Morgan fingerprint density at radius 2 is 1.57 bits per heavy atom. The van der Waals surface area contributed by atoms with E-state index in [-0.39, 0.29) is 17.8 Å². The minimum Gasteiger partial charge on any atom is -0.381 e. The number of nitrogens with one attached hydrogen (secondary N) is 2. The molecule has 0 bridgehead atoms. The molecule has 0 unspecified atom stereocenters. The van der Waals surface area contributed by atoms with Gasteiger partial charge in [-0.3, -0.25) is 4.79 Å². The number of carbonyl (C=O) groups is 1. The highest BCUT2D eigenvalue weighted by Gasteiger charge is 2.37. The zero-order valence-corrected chi connectivity index (χ0v) is 19.7. The molecule has 1 aliphatic heterocycles. The van der Waals surface area contributed by atoms with Crippen LogP contribution in [0.15, 0.2) is 30.5 Å². The van der Waals surface area contributed by atoms with E-state index < -0.39 is 29.2 Å². The fourth-order valence-electron chi connectivity index (χ4n) is 3.52. The molecule has 1 aromatic carbocycles. The lowest BCUT2D eigenvalue weighted by molar-refractivity contribution is -0.143. The maximum absolute atomic E-state index is 13.1. The van der Waals surface area contributed by atoms with Crippen LogP contribution in [0.2, 0.25) is 0 Å². The number of benzene rings is 1. The molecule has 0 saturated carbocycles. The van der Waals surface area contributed by atoms with Gasteiger partial charge in [-0.25, -0.2) is 4.98 Å². The first-order valence-electron chi connectivity index (χ1n) is 11.4. The lowest BCUT2D eigenvalue weighted by Gasteiger charge is -2.22. The molecule has 1 amide bonds. The minimum atomic E-state index is -4.95. The summed E-state index contributed by atoms with van der Waals surface area (Å²) in [6.45, 7) is 7.55. The van der Waals surface area contributed by atoms with E-state index in [0.717, 1.165) is 12.8 Å². The van der Waals surface area contributed by atoms with E-state index in [9.17, 15) is 31.1 Å². The lowest BCUT2D eigenvalue weighted by Crippen LogP contribution is -2.32. The predicted octanol–water partition coefficient (Wildman–Crippen LogP) is 6.61. The fourth-order valence-corrected chi connectivity index (χ4v) is 3.52. The summed E-state index contributed by atoms with van der Waals surface area (Å²) in [6, 6.07) is 2.66. The van der Waals surface area contributed by atoms with Gasteiger partial charge in [0.25, 0.3) is 5.91 Å². The number of hydrogen-bond donors (Lipinski definition) is 2. The van der Waals surface area contributed by atoms with Crippen molar-refractivity contribution in [2.24, 2.45) is 5.92 Å². The third kappa shape index (κ3) is 8.12. The number of halogens is 6. The molecule has 5 nitrogen and oxygen atoms in total. The number of anilines is 2. The Balaban J connectivity index is 0.00000210. The van der Waals surface area contributed by atoms with Crippen LogP contribution < -0.4 is 10.6 Å². The average Bonchev–Trinajstić information content (AvgIpc) is 2.83. The Kier molecular flexibility index (Phi) is 9.93. The second kappa shape index (κ2) is 12.2. The number of ether oxygens (including phenoxy) is 1. The summed E-state index contributed by atoms with van der Waals surface area (Å²) in [7, 11) is 0. The molecule has 0 spiro atoms. The van der Waals surface area contributed by atoms with E-state index in [1.807, 2.05) is 13.8 Å².